The van der Waals surface area contributed by atoms with Gasteiger partial charge in [-0.2, -0.15) is 0 Å². The molecule has 9 heteroatoms. The molecule has 4 atom stereocenters. The van der Waals surface area contributed by atoms with Crippen LogP contribution in [0.4, 0.5) is 0 Å². The first-order chi connectivity index (χ1) is 25.5. The van der Waals surface area contributed by atoms with E-state index in [9.17, 15) is 9.59 Å². The van der Waals surface area contributed by atoms with E-state index in [-0.39, 0.29) is 30.3 Å². The second-order valence-corrected chi connectivity index (χ2v) is 16.8. The second-order valence-electron chi connectivity index (χ2n) is 16.8. The highest BCUT2D eigenvalue weighted by molar-refractivity contribution is 6.31. The number of para-hydroxylation sites is 2. The summed E-state index contributed by atoms with van der Waals surface area (Å²) in [7, 11) is 4.09. The maximum absolute atomic E-state index is 13.6. The molecule has 0 aliphatic carbocycles. The van der Waals surface area contributed by atoms with Crippen molar-refractivity contribution in [2.24, 2.45) is 0 Å². The van der Waals surface area contributed by atoms with Gasteiger partial charge in [-0.15, -0.1) is 0 Å². The first-order valence-corrected chi connectivity index (χ1v) is 20.0. The van der Waals surface area contributed by atoms with E-state index in [1.807, 2.05) is 27.9 Å². The van der Waals surface area contributed by atoms with Crippen LogP contribution in [-0.4, -0.2) is 64.4 Å². The van der Waals surface area contributed by atoms with Crippen LogP contribution in [0.5, 0.6) is 0 Å². The van der Waals surface area contributed by atoms with E-state index in [2.05, 4.69) is 81.9 Å². The van der Waals surface area contributed by atoms with Crippen molar-refractivity contribution in [3.05, 3.63) is 59.7 Å². The molecule has 1 saturated heterocycles. The summed E-state index contributed by atoms with van der Waals surface area (Å²) in [4.78, 5) is 28.1. The third kappa shape index (κ3) is 6.13. The first kappa shape index (κ1) is 36.1. The van der Waals surface area contributed by atoms with Gasteiger partial charge in [-0.3, -0.25) is 9.59 Å². The summed E-state index contributed by atoms with van der Waals surface area (Å²) in [5.74, 6) is -0.0777. The second kappa shape index (κ2) is 14.1. The van der Waals surface area contributed by atoms with Crippen LogP contribution in [0.2, 0.25) is 0 Å². The summed E-state index contributed by atoms with van der Waals surface area (Å²) < 4.78 is 24.1. The highest BCUT2D eigenvalue weighted by Crippen LogP contribution is 2.54. The lowest BCUT2D eigenvalue weighted by Gasteiger charge is -2.50. The number of ether oxygens (including phenoxy) is 3. The maximum atomic E-state index is 13.6. The molecule has 9 nitrogen and oxygen atoms in total. The number of unbranched alkanes of at least 4 members (excludes halogenated alkanes) is 8. The Morgan fingerprint density at radius 1 is 0.906 bits per heavy atom. The van der Waals surface area contributed by atoms with Crippen LogP contribution in [0, 0.1) is 0 Å². The normalized spacial score (nSPS) is 22.4. The van der Waals surface area contributed by atoms with E-state index in [0.29, 0.717) is 13.0 Å². The van der Waals surface area contributed by atoms with Crippen LogP contribution >= 0.6 is 0 Å². The number of rotatable bonds is 14. The van der Waals surface area contributed by atoms with E-state index in [1.165, 1.54) is 38.5 Å². The van der Waals surface area contributed by atoms with Crippen molar-refractivity contribution in [1.82, 2.24) is 19.4 Å². The summed E-state index contributed by atoms with van der Waals surface area (Å²) in [5, 5.41) is 7.59. The summed E-state index contributed by atoms with van der Waals surface area (Å²) in [5.41, 5.74) is 5.10. The van der Waals surface area contributed by atoms with E-state index in [4.69, 9.17) is 14.2 Å². The number of methoxy groups -OCH3 is 1. The monoisotopic (exact) mass is 720 g/mol. The molecule has 3 aromatic carbocycles. The van der Waals surface area contributed by atoms with Gasteiger partial charge in [0.15, 0.2) is 5.72 Å². The third-order valence-electron chi connectivity index (χ3n) is 12.1. The molecule has 5 aromatic rings. The Morgan fingerprint density at radius 2 is 1.53 bits per heavy atom. The maximum Gasteiger partial charge on any atom is 0.306 e. The fourth-order valence-electron chi connectivity index (χ4n) is 9.87. The number of benzene rings is 3. The fraction of sp³-hybridized carbons (Fsp3) is 0.545. The molecule has 0 spiro atoms. The number of esters is 1. The average molecular weight is 721 g/mol. The van der Waals surface area contributed by atoms with Crippen LogP contribution in [0.25, 0.3) is 43.6 Å². The zero-order valence-corrected chi connectivity index (χ0v) is 32.4. The minimum absolute atomic E-state index is 0.00338. The van der Waals surface area contributed by atoms with Crippen molar-refractivity contribution >= 4 is 55.5 Å². The number of carbonyl (C=O) groups excluding carboxylic acids is 2. The van der Waals surface area contributed by atoms with E-state index in [1.54, 1.807) is 0 Å². The van der Waals surface area contributed by atoms with Gasteiger partial charge in [-0.25, -0.2) is 0 Å². The van der Waals surface area contributed by atoms with Crippen molar-refractivity contribution in [3.8, 4) is 0 Å². The Kier molecular flexibility index (Phi) is 9.57. The molecule has 2 aromatic heterocycles. The van der Waals surface area contributed by atoms with E-state index in [0.717, 1.165) is 87.0 Å². The van der Waals surface area contributed by atoms with Crippen molar-refractivity contribution in [2.75, 3.05) is 20.7 Å². The highest BCUT2D eigenvalue weighted by Gasteiger charge is 2.54. The fourth-order valence-corrected chi connectivity index (χ4v) is 9.87. The summed E-state index contributed by atoms with van der Waals surface area (Å²) in [6.45, 7) is 9.49. The van der Waals surface area contributed by atoms with Crippen molar-refractivity contribution < 1.29 is 23.8 Å². The Morgan fingerprint density at radius 3 is 2.21 bits per heavy atom. The zero-order valence-electron chi connectivity index (χ0n) is 32.4. The quantitative estimate of drug-likeness (QED) is 0.0909. The number of fused-ring (bicyclic) bond motifs is 13. The topological polar surface area (TPSA) is 87.0 Å². The van der Waals surface area contributed by atoms with Gasteiger partial charge in [-0.1, -0.05) is 81.3 Å². The van der Waals surface area contributed by atoms with Gasteiger partial charge in [0, 0.05) is 54.1 Å². The van der Waals surface area contributed by atoms with Gasteiger partial charge < -0.3 is 33.6 Å². The average Bonchev–Trinajstić information content (AvgIpc) is 3.77. The minimum Gasteiger partial charge on any atom is -0.460 e. The molecule has 1 fully saturated rings. The number of nitrogens with one attached hydrogen (secondary N) is 1. The molecule has 53 heavy (non-hydrogen) atoms. The number of nitrogens with zero attached hydrogens (tertiary/aromatic N) is 3. The minimum atomic E-state index is -0.803. The lowest BCUT2D eigenvalue weighted by atomic mass is 9.91. The van der Waals surface area contributed by atoms with Crippen molar-refractivity contribution in [2.45, 2.75) is 135 Å². The Labute approximate surface area is 312 Å². The number of hydrogen-bond acceptors (Lipinski definition) is 6. The zero-order chi connectivity index (χ0) is 37.1. The number of likely N-dealkylation sites (N-methyl/N-ethyl adjacent to an activating group) is 1. The summed E-state index contributed by atoms with van der Waals surface area (Å²) >= 11 is 0. The van der Waals surface area contributed by atoms with Crippen LogP contribution < -0.4 is 5.32 Å². The Balaban J connectivity index is 1.01. The lowest BCUT2D eigenvalue weighted by molar-refractivity contribution is -0.267. The van der Waals surface area contributed by atoms with Crippen molar-refractivity contribution in [1.29, 1.82) is 0 Å². The molecule has 5 heterocycles. The molecule has 3 aliphatic heterocycles. The van der Waals surface area contributed by atoms with E-state index >= 15 is 0 Å². The van der Waals surface area contributed by atoms with Gasteiger partial charge in [-0.05, 0) is 71.8 Å². The standard InChI is InChI=1S/C44H56N4O5/c1-43(2,3)53-35(49)24-14-12-10-8-7-9-11-13-19-25-46(5)33-26-34-47-31-22-17-15-20-28(31)37-38-30(27-45-42(38)50)36-29-21-16-18-23-32(29)48(40(36)39(37)47)44(4,52-34)41(33)51-6/h15-18,20-23,33-34,41H,7-14,19,24-27H2,1-6H3,(H,45,50)/t33-,34-,41-,44+/m1/s1. The summed E-state index contributed by atoms with van der Waals surface area (Å²) in [6.07, 6.45) is 11.3. The van der Waals surface area contributed by atoms with Crippen molar-refractivity contribution in [3.63, 3.8) is 0 Å². The van der Waals surface area contributed by atoms with Crippen LogP contribution in [0.1, 0.15) is 120 Å². The van der Waals surface area contributed by atoms with Gasteiger partial charge in [0.2, 0.25) is 0 Å². The molecule has 0 radical (unpaired) electrons. The molecule has 0 unspecified atom stereocenters. The molecular weight excluding hydrogens is 665 g/mol. The third-order valence-corrected chi connectivity index (χ3v) is 12.1. The summed E-state index contributed by atoms with van der Waals surface area (Å²) in [6, 6.07) is 17.2. The number of aromatic nitrogens is 2. The number of amides is 1. The highest BCUT2D eigenvalue weighted by atomic mass is 16.6. The lowest BCUT2D eigenvalue weighted by Crippen LogP contribution is -2.60. The van der Waals surface area contributed by atoms with Crippen LogP contribution in [0.15, 0.2) is 48.5 Å². The molecule has 1 amide bonds. The largest absolute Gasteiger partial charge is 0.460 e. The predicted molar refractivity (Wildman–Crippen MR) is 211 cm³/mol. The number of hydrogen-bond donors (Lipinski definition) is 1. The molecule has 0 saturated carbocycles. The SMILES string of the molecule is CO[C@@H]1[C@H](N(C)CCCCCCCCCCCC(=O)OC(C)(C)C)C[C@H]2O[C@]1(C)n1c3ccccc3c3c4c(c5c6ccccc6n2c5c31)C(=O)NC4. The molecule has 282 valence electrons. The first-order valence-electron chi connectivity index (χ1n) is 20.0. The molecule has 1 N–H and O–H groups in total. The molecule has 3 aliphatic rings. The Hall–Kier alpha value is -3.92. The van der Waals surface area contributed by atoms with Gasteiger partial charge in [0.1, 0.15) is 17.9 Å². The molecule has 2 bridgehead atoms. The Bertz CT molecular complexity index is 2190. The van der Waals surface area contributed by atoms with E-state index < -0.39 is 11.3 Å². The molecular formula is C44H56N4O5. The van der Waals surface area contributed by atoms with Crippen LogP contribution in [-0.2, 0) is 31.3 Å². The molecule has 8 rings (SSSR count). The number of carbonyl (C=O) groups is 2. The predicted octanol–water partition coefficient (Wildman–Crippen LogP) is 9.31. The van der Waals surface area contributed by atoms with Gasteiger partial charge >= 0.3 is 5.97 Å². The smallest absolute Gasteiger partial charge is 0.306 e. The van der Waals surface area contributed by atoms with Gasteiger partial charge in [0.25, 0.3) is 5.91 Å². The van der Waals surface area contributed by atoms with Crippen LogP contribution in [0.3, 0.4) is 0 Å². The van der Waals surface area contributed by atoms with Gasteiger partial charge in [0.05, 0.1) is 27.6 Å².